The molecule has 4 nitrogen and oxygen atoms in total. The third kappa shape index (κ3) is 18.3. The average molecular weight is 459 g/mol. The van der Waals surface area contributed by atoms with Crippen LogP contribution in [-0.2, 0) is 9.47 Å². The zero-order valence-corrected chi connectivity index (χ0v) is 23.6. The molecule has 0 radical (unpaired) electrons. The first-order valence-corrected chi connectivity index (χ1v) is 14.0. The third-order valence-corrected chi connectivity index (χ3v) is 7.30. The molecule has 0 aromatic carbocycles. The van der Waals surface area contributed by atoms with Gasteiger partial charge in [-0.25, -0.2) is 0 Å². The molecule has 0 amide bonds. The fourth-order valence-corrected chi connectivity index (χ4v) is 4.58. The molecular weight excluding hydrogens is 396 g/mol. The quantitative estimate of drug-likeness (QED) is 0.130. The van der Waals surface area contributed by atoms with Gasteiger partial charge in [-0.05, 0) is 24.7 Å². The molecule has 0 aliphatic heterocycles. The average Bonchev–Trinajstić information content (AvgIpc) is 2.75. The van der Waals surface area contributed by atoms with Crippen molar-refractivity contribution in [3.8, 4) is 0 Å². The van der Waals surface area contributed by atoms with E-state index in [2.05, 4.69) is 55.9 Å². The highest BCUT2D eigenvalue weighted by molar-refractivity contribution is 4.56. The molecule has 0 aromatic rings. The molecule has 4 heteroatoms. The summed E-state index contributed by atoms with van der Waals surface area (Å²) in [6.45, 7) is 17.7. The molecule has 0 spiro atoms. The lowest BCUT2D eigenvalue weighted by Crippen LogP contribution is -2.51. The van der Waals surface area contributed by atoms with Gasteiger partial charge in [-0.1, -0.05) is 66.2 Å². The van der Waals surface area contributed by atoms with Gasteiger partial charge in [-0.3, -0.25) is 0 Å². The molecular formula is C28H62N2O2+2. The van der Waals surface area contributed by atoms with E-state index in [4.69, 9.17) is 9.47 Å². The predicted molar refractivity (Wildman–Crippen MR) is 141 cm³/mol. The Morgan fingerprint density at radius 3 is 1.19 bits per heavy atom. The first kappa shape index (κ1) is 31.8. The Kier molecular flexibility index (Phi) is 19.1. The lowest BCUT2D eigenvalue weighted by atomic mass is 9.98. The second-order valence-electron chi connectivity index (χ2n) is 11.4. The SMILES string of the molecule is CCCC(CC)CCOCCC[N+](C)(C)CC[N+](C)(C)CCCOCCC(CC)CCC. The first-order chi connectivity index (χ1) is 15.2. The summed E-state index contributed by atoms with van der Waals surface area (Å²) in [5.41, 5.74) is 0. The molecule has 0 rings (SSSR count). The van der Waals surface area contributed by atoms with Crippen LogP contribution >= 0.6 is 0 Å². The molecule has 0 fully saturated rings. The zero-order chi connectivity index (χ0) is 24.3. The minimum Gasteiger partial charge on any atom is -0.381 e. The monoisotopic (exact) mass is 458 g/mol. The van der Waals surface area contributed by atoms with E-state index >= 15 is 0 Å². The molecule has 0 heterocycles. The van der Waals surface area contributed by atoms with Crippen molar-refractivity contribution in [2.75, 3.05) is 80.8 Å². The van der Waals surface area contributed by atoms with Crippen molar-refractivity contribution in [1.82, 2.24) is 0 Å². The maximum atomic E-state index is 5.95. The summed E-state index contributed by atoms with van der Waals surface area (Å²) in [4.78, 5) is 0. The maximum Gasteiger partial charge on any atom is 0.128 e. The number of quaternary nitrogens is 2. The summed E-state index contributed by atoms with van der Waals surface area (Å²) in [5, 5.41) is 0. The van der Waals surface area contributed by atoms with Gasteiger partial charge in [0, 0.05) is 26.1 Å². The molecule has 2 atom stereocenters. The maximum absolute atomic E-state index is 5.95. The van der Waals surface area contributed by atoms with Crippen molar-refractivity contribution in [2.24, 2.45) is 11.8 Å². The van der Waals surface area contributed by atoms with Gasteiger partial charge in [0.2, 0.25) is 0 Å². The van der Waals surface area contributed by atoms with Crippen LogP contribution in [0.3, 0.4) is 0 Å². The summed E-state index contributed by atoms with van der Waals surface area (Å²) in [6, 6.07) is 0. The van der Waals surface area contributed by atoms with Crippen LogP contribution < -0.4 is 0 Å². The fraction of sp³-hybridized carbons (Fsp3) is 1.00. The van der Waals surface area contributed by atoms with Crippen molar-refractivity contribution in [3.63, 3.8) is 0 Å². The lowest BCUT2D eigenvalue weighted by Gasteiger charge is -2.35. The van der Waals surface area contributed by atoms with Gasteiger partial charge in [0.25, 0.3) is 0 Å². The Hall–Kier alpha value is -0.160. The minimum atomic E-state index is 0.854. The number of ether oxygens (including phenoxy) is 2. The van der Waals surface area contributed by atoms with Crippen molar-refractivity contribution in [1.29, 1.82) is 0 Å². The van der Waals surface area contributed by atoms with Crippen LogP contribution in [-0.4, -0.2) is 89.8 Å². The normalized spacial score (nSPS) is 14.6. The highest BCUT2D eigenvalue weighted by Gasteiger charge is 2.22. The standard InChI is InChI=1S/C28H62N2O2/c1-9-15-27(11-3)17-25-31-23-13-19-29(5,6)21-22-30(7,8)20-14-24-32-26-18-28(12-4)16-10-2/h27-28H,9-26H2,1-8H3/q+2. The minimum absolute atomic E-state index is 0.854. The van der Waals surface area contributed by atoms with Crippen molar-refractivity contribution in [2.45, 2.75) is 91.9 Å². The van der Waals surface area contributed by atoms with Crippen LogP contribution in [0.1, 0.15) is 91.9 Å². The Balaban J connectivity index is 3.87. The molecule has 0 aromatic heterocycles. The Morgan fingerprint density at radius 1 is 0.500 bits per heavy atom. The highest BCUT2D eigenvalue weighted by Crippen LogP contribution is 2.16. The van der Waals surface area contributed by atoms with Gasteiger partial charge in [0.05, 0.1) is 54.5 Å². The van der Waals surface area contributed by atoms with E-state index in [-0.39, 0.29) is 0 Å². The van der Waals surface area contributed by atoms with Crippen molar-refractivity contribution < 1.29 is 18.4 Å². The van der Waals surface area contributed by atoms with E-state index < -0.39 is 0 Å². The molecule has 0 bridgehead atoms. The van der Waals surface area contributed by atoms with Crippen LogP contribution in [0, 0.1) is 11.8 Å². The summed E-state index contributed by atoms with van der Waals surface area (Å²) in [5.74, 6) is 1.71. The second kappa shape index (κ2) is 19.2. The van der Waals surface area contributed by atoms with E-state index in [9.17, 15) is 0 Å². The molecule has 0 N–H and O–H groups in total. The summed E-state index contributed by atoms with van der Waals surface area (Å²) >= 11 is 0. The predicted octanol–water partition coefficient (Wildman–Crippen LogP) is 6.39. The number of rotatable bonds is 23. The van der Waals surface area contributed by atoms with Gasteiger partial charge in [-0.15, -0.1) is 0 Å². The van der Waals surface area contributed by atoms with Gasteiger partial charge < -0.3 is 18.4 Å². The summed E-state index contributed by atoms with van der Waals surface area (Å²) < 4.78 is 14.1. The van der Waals surface area contributed by atoms with Gasteiger partial charge in [-0.2, -0.15) is 0 Å². The van der Waals surface area contributed by atoms with Gasteiger partial charge in [0.15, 0.2) is 0 Å². The molecule has 0 saturated carbocycles. The number of likely N-dealkylation sites (N-methyl/N-ethyl adjacent to an activating group) is 2. The topological polar surface area (TPSA) is 18.5 Å². The number of hydrogen-bond acceptors (Lipinski definition) is 2. The molecule has 32 heavy (non-hydrogen) atoms. The third-order valence-electron chi connectivity index (χ3n) is 7.30. The zero-order valence-electron chi connectivity index (χ0n) is 23.6. The van der Waals surface area contributed by atoms with Crippen LogP contribution in [0.15, 0.2) is 0 Å². The van der Waals surface area contributed by atoms with Crippen LogP contribution in [0.4, 0.5) is 0 Å². The van der Waals surface area contributed by atoms with Crippen LogP contribution in [0.2, 0.25) is 0 Å². The highest BCUT2D eigenvalue weighted by atomic mass is 16.5. The van der Waals surface area contributed by atoms with Gasteiger partial charge in [0.1, 0.15) is 13.1 Å². The van der Waals surface area contributed by atoms with Crippen molar-refractivity contribution in [3.05, 3.63) is 0 Å². The van der Waals surface area contributed by atoms with Crippen LogP contribution in [0.25, 0.3) is 0 Å². The second-order valence-corrected chi connectivity index (χ2v) is 11.4. The van der Waals surface area contributed by atoms with E-state index in [0.29, 0.717) is 0 Å². The van der Waals surface area contributed by atoms with Gasteiger partial charge >= 0.3 is 0 Å². The lowest BCUT2D eigenvalue weighted by molar-refractivity contribution is -0.946. The van der Waals surface area contributed by atoms with E-state index in [0.717, 1.165) is 60.1 Å². The molecule has 194 valence electrons. The Morgan fingerprint density at radius 2 is 0.875 bits per heavy atom. The largest absolute Gasteiger partial charge is 0.381 e. The Bertz CT molecular complexity index is 374. The molecule has 0 aliphatic carbocycles. The Labute approximate surface area is 203 Å². The number of nitrogens with zero attached hydrogens (tertiary/aromatic N) is 2. The van der Waals surface area contributed by atoms with Crippen molar-refractivity contribution >= 4 is 0 Å². The molecule has 0 saturated heterocycles. The van der Waals surface area contributed by atoms with E-state index in [1.165, 1.54) is 77.5 Å². The molecule has 2 unspecified atom stereocenters. The van der Waals surface area contributed by atoms with E-state index in [1.807, 2.05) is 0 Å². The van der Waals surface area contributed by atoms with Crippen LogP contribution in [0.5, 0.6) is 0 Å². The fourth-order valence-electron chi connectivity index (χ4n) is 4.58. The number of hydrogen-bond donors (Lipinski definition) is 0. The summed E-state index contributed by atoms with van der Waals surface area (Å²) in [7, 11) is 9.49. The smallest absolute Gasteiger partial charge is 0.128 e. The summed E-state index contributed by atoms with van der Waals surface area (Å²) in [6.07, 6.45) is 12.7. The molecule has 0 aliphatic rings. The first-order valence-electron chi connectivity index (χ1n) is 14.0. The van der Waals surface area contributed by atoms with E-state index in [1.54, 1.807) is 0 Å².